The molecule has 1 aromatic heterocycles. The minimum Gasteiger partial charge on any atom is -0.467 e. The Balaban J connectivity index is 1.93. The quantitative estimate of drug-likeness (QED) is 0.764. The van der Waals surface area contributed by atoms with Crippen molar-refractivity contribution < 1.29 is 19.1 Å². The molecular weight excluding hydrogens is 376 g/mol. The lowest BCUT2D eigenvalue weighted by molar-refractivity contribution is -0.143. The van der Waals surface area contributed by atoms with Crippen LogP contribution >= 0.6 is 15.9 Å². The van der Waals surface area contributed by atoms with Gasteiger partial charge in [0.2, 0.25) is 0 Å². The monoisotopic (exact) mass is 392 g/mol. The van der Waals surface area contributed by atoms with Crippen molar-refractivity contribution >= 4 is 28.0 Å². The first-order chi connectivity index (χ1) is 11.6. The van der Waals surface area contributed by atoms with Gasteiger partial charge in [0.15, 0.2) is 0 Å². The van der Waals surface area contributed by atoms with Gasteiger partial charge in [0.25, 0.3) is 0 Å². The van der Waals surface area contributed by atoms with Gasteiger partial charge >= 0.3 is 12.1 Å². The summed E-state index contributed by atoms with van der Waals surface area (Å²) >= 11 is 3.29. The molecule has 0 fully saturated rings. The molecule has 6 nitrogen and oxygen atoms in total. The Kier molecular flexibility index (Phi) is 6.74. The highest BCUT2D eigenvalue weighted by molar-refractivity contribution is 9.10. The maximum Gasteiger partial charge on any atom is 0.408 e. The van der Waals surface area contributed by atoms with Crippen molar-refractivity contribution in [1.29, 1.82) is 0 Å². The first kappa shape index (κ1) is 17.9. The Morgan fingerprint density at radius 1 is 1.21 bits per heavy atom. The summed E-state index contributed by atoms with van der Waals surface area (Å²) in [5, 5.41) is 2.51. The zero-order valence-corrected chi connectivity index (χ0v) is 14.7. The number of benzene rings is 1. The predicted octanol–water partition coefficient (Wildman–Crippen LogP) is 2.85. The second kappa shape index (κ2) is 9.02. The molecule has 0 aliphatic rings. The van der Waals surface area contributed by atoms with Gasteiger partial charge in [0.05, 0.1) is 7.11 Å². The van der Waals surface area contributed by atoms with Gasteiger partial charge in [-0.1, -0.05) is 30.3 Å². The van der Waals surface area contributed by atoms with Gasteiger partial charge in [-0.15, -0.1) is 0 Å². The molecule has 2 rings (SSSR count). The Labute approximate surface area is 148 Å². The molecule has 1 atom stereocenters. The molecule has 0 bridgehead atoms. The second-order valence-electron chi connectivity index (χ2n) is 4.95. The van der Waals surface area contributed by atoms with E-state index in [0.717, 1.165) is 10.0 Å². The lowest BCUT2D eigenvalue weighted by Gasteiger charge is -2.16. The van der Waals surface area contributed by atoms with E-state index < -0.39 is 18.1 Å². The first-order valence-corrected chi connectivity index (χ1v) is 8.03. The fraction of sp³-hybridized carbons (Fsp3) is 0.235. The van der Waals surface area contributed by atoms with E-state index in [9.17, 15) is 9.59 Å². The van der Waals surface area contributed by atoms with E-state index in [1.54, 1.807) is 12.3 Å². The largest absolute Gasteiger partial charge is 0.467 e. The number of ether oxygens (including phenoxy) is 2. The van der Waals surface area contributed by atoms with Gasteiger partial charge in [-0.25, -0.2) is 9.59 Å². The molecule has 1 heterocycles. The first-order valence-electron chi connectivity index (χ1n) is 7.24. The van der Waals surface area contributed by atoms with Crippen LogP contribution in [-0.4, -0.2) is 30.2 Å². The fourth-order valence-electron chi connectivity index (χ4n) is 1.98. The number of carbonyl (C=O) groups is 2. The molecule has 7 heteroatoms. The maximum absolute atomic E-state index is 11.9. The van der Waals surface area contributed by atoms with E-state index in [1.165, 1.54) is 7.11 Å². The summed E-state index contributed by atoms with van der Waals surface area (Å²) in [5.74, 6) is -0.559. The summed E-state index contributed by atoms with van der Waals surface area (Å²) in [4.78, 5) is 28.0. The summed E-state index contributed by atoms with van der Waals surface area (Å²) in [6.45, 7) is 0.122. The molecule has 0 spiro atoms. The predicted molar refractivity (Wildman–Crippen MR) is 91.2 cm³/mol. The van der Waals surface area contributed by atoms with Crippen molar-refractivity contribution in [3.63, 3.8) is 0 Å². The zero-order valence-electron chi connectivity index (χ0n) is 13.1. The minimum atomic E-state index is -0.869. The van der Waals surface area contributed by atoms with E-state index in [2.05, 4.69) is 26.2 Å². The Bertz CT molecular complexity index is 677. The molecule has 0 saturated carbocycles. The second-order valence-corrected chi connectivity index (χ2v) is 5.87. The van der Waals surface area contributed by atoms with E-state index in [4.69, 9.17) is 9.47 Å². The summed E-state index contributed by atoms with van der Waals surface area (Å²) < 4.78 is 10.7. The zero-order chi connectivity index (χ0) is 17.4. The maximum atomic E-state index is 11.9. The molecule has 0 aliphatic carbocycles. The van der Waals surface area contributed by atoms with Crippen LogP contribution in [0, 0.1) is 0 Å². The van der Waals surface area contributed by atoms with Crippen LogP contribution in [0.1, 0.15) is 11.3 Å². The average Bonchev–Trinajstić information content (AvgIpc) is 2.61. The van der Waals surface area contributed by atoms with E-state index in [0.29, 0.717) is 5.69 Å². The van der Waals surface area contributed by atoms with Crippen LogP contribution < -0.4 is 5.32 Å². The third-order valence-electron chi connectivity index (χ3n) is 3.19. The van der Waals surface area contributed by atoms with Crippen LogP contribution in [0.25, 0.3) is 0 Å². The number of hydrogen-bond donors (Lipinski definition) is 1. The van der Waals surface area contributed by atoms with Crippen molar-refractivity contribution in [2.24, 2.45) is 0 Å². The third kappa shape index (κ3) is 5.66. The van der Waals surface area contributed by atoms with Crippen LogP contribution in [0.15, 0.2) is 53.1 Å². The molecule has 1 N–H and O–H groups in total. The van der Waals surface area contributed by atoms with E-state index in [-0.39, 0.29) is 13.0 Å². The molecule has 0 radical (unpaired) electrons. The van der Waals surface area contributed by atoms with Gasteiger partial charge in [-0.3, -0.25) is 4.98 Å². The smallest absolute Gasteiger partial charge is 0.408 e. The van der Waals surface area contributed by atoms with Crippen LogP contribution in [0.3, 0.4) is 0 Å². The lowest BCUT2D eigenvalue weighted by Crippen LogP contribution is -2.43. The van der Waals surface area contributed by atoms with Gasteiger partial charge in [0.1, 0.15) is 12.6 Å². The molecule has 1 amide bonds. The third-order valence-corrected chi connectivity index (χ3v) is 3.66. The summed E-state index contributed by atoms with van der Waals surface area (Å²) in [5.41, 5.74) is 1.51. The number of alkyl carbamates (subject to hydrolysis) is 1. The molecule has 2 aromatic rings. The minimum absolute atomic E-state index is 0.122. The highest BCUT2D eigenvalue weighted by atomic mass is 79.9. The number of amides is 1. The molecule has 1 aromatic carbocycles. The Morgan fingerprint density at radius 3 is 2.58 bits per heavy atom. The Hall–Kier alpha value is -2.41. The Morgan fingerprint density at radius 2 is 1.96 bits per heavy atom. The van der Waals surface area contributed by atoms with Crippen molar-refractivity contribution in [2.45, 2.75) is 19.1 Å². The molecule has 126 valence electrons. The van der Waals surface area contributed by atoms with Crippen molar-refractivity contribution in [3.05, 3.63) is 64.4 Å². The molecular formula is C17H17BrN2O4. The van der Waals surface area contributed by atoms with Crippen LogP contribution in [0.5, 0.6) is 0 Å². The van der Waals surface area contributed by atoms with E-state index >= 15 is 0 Å². The summed E-state index contributed by atoms with van der Waals surface area (Å²) in [7, 11) is 1.27. The normalized spacial score (nSPS) is 11.4. The molecule has 0 unspecified atom stereocenters. The highest BCUT2D eigenvalue weighted by Gasteiger charge is 2.23. The van der Waals surface area contributed by atoms with Crippen molar-refractivity contribution in [3.8, 4) is 0 Å². The van der Waals surface area contributed by atoms with Gasteiger partial charge < -0.3 is 14.8 Å². The molecule has 0 saturated heterocycles. The van der Waals surface area contributed by atoms with Crippen LogP contribution in [-0.2, 0) is 27.3 Å². The number of hydrogen-bond acceptors (Lipinski definition) is 5. The SMILES string of the molecule is COC(=O)[C@H](Cc1ccc(Br)cn1)NC(=O)OCc1ccccc1. The van der Waals surface area contributed by atoms with Gasteiger partial charge in [-0.05, 0) is 33.6 Å². The number of esters is 1. The fourth-order valence-corrected chi connectivity index (χ4v) is 2.21. The van der Waals surface area contributed by atoms with E-state index in [1.807, 2.05) is 36.4 Å². The summed E-state index contributed by atoms with van der Waals surface area (Å²) in [6.07, 6.45) is 1.14. The highest BCUT2D eigenvalue weighted by Crippen LogP contribution is 2.09. The van der Waals surface area contributed by atoms with Gasteiger partial charge in [-0.2, -0.15) is 0 Å². The number of halogens is 1. The number of rotatable bonds is 6. The van der Waals surface area contributed by atoms with Gasteiger partial charge in [0, 0.05) is 22.8 Å². The lowest BCUT2D eigenvalue weighted by atomic mass is 10.1. The molecule has 24 heavy (non-hydrogen) atoms. The van der Waals surface area contributed by atoms with Crippen molar-refractivity contribution in [1.82, 2.24) is 10.3 Å². The average molecular weight is 393 g/mol. The van der Waals surface area contributed by atoms with Crippen molar-refractivity contribution in [2.75, 3.05) is 7.11 Å². The summed E-state index contributed by atoms with van der Waals surface area (Å²) in [6, 6.07) is 12.0. The van der Waals surface area contributed by atoms with Crippen LogP contribution in [0.2, 0.25) is 0 Å². The number of nitrogens with zero attached hydrogens (tertiary/aromatic N) is 1. The molecule has 0 aliphatic heterocycles. The number of pyridine rings is 1. The topological polar surface area (TPSA) is 77.5 Å². The number of nitrogens with one attached hydrogen (secondary N) is 1. The van der Waals surface area contributed by atoms with Crippen LogP contribution in [0.4, 0.5) is 4.79 Å². The standard InChI is InChI=1S/C17H17BrN2O4/c1-23-16(21)15(9-14-8-7-13(18)10-19-14)20-17(22)24-11-12-5-3-2-4-6-12/h2-8,10,15H,9,11H2,1H3,(H,20,22)/t15-/m0/s1. The number of carbonyl (C=O) groups excluding carboxylic acids is 2. The number of methoxy groups -OCH3 is 1. The number of aromatic nitrogens is 1.